The first-order chi connectivity index (χ1) is 8.65. The Bertz CT molecular complexity index is 400. The van der Waals surface area contributed by atoms with Crippen LogP contribution in [0.2, 0.25) is 0 Å². The number of nitrogens with two attached hydrogens (primary N) is 1. The van der Waals surface area contributed by atoms with Gasteiger partial charge in [-0.05, 0) is 44.7 Å². The highest BCUT2D eigenvalue weighted by Crippen LogP contribution is 2.18. The maximum Gasteiger partial charge on any atom is 0.222 e. The summed E-state index contributed by atoms with van der Waals surface area (Å²) in [6, 6.07) is 4.61. The molecule has 0 unspecified atom stereocenters. The molecule has 0 radical (unpaired) electrons. The van der Waals surface area contributed by atoms with Gasteiger partial charge in [-0.1, -0.05) is 0 Å². The van der Waals surface area contributed by atoms with Crippen LogP contribution in [0.1, 0.15) is 35.4 Å². The first-order valence-electron chi connectivity index (χ1n) is 6.74. The average Bonchev–Trinajstić information content (AvgIpc) is 2.76. The van der Waals surface area contributed by atoms with Crippen molar-refractivity contribution in [3.05, 3.63) is 21.9 Å². The minimum absolute atomic E-state index is 0. The van der Waals surface area contributed by atoms with Crippen LogP contribution in [0.5, 0.6) is 0 Å². The van der Waals surface area contributed by atoms with E-state index in [1.54, 1.807) is 0 Å². The number of halogens is 1. The highest BCUT2D eigenvalue weighted by atomic mass is 35.5. The molecule has 0 atom stereocenters. The second kappa shape index (κ2) is 7.88. The summed E-state index contributed by atoms with van der Waals surface area (Å²) in [5.74, 6) is 0.301. The molecule has 1 fully saturated rings. The zero-order chi connectivity index (χ0) is 13.0. The second-order valence-corrected chi connectivity index (χ2v) is 6.46. The lowest BCUT2D eigenvalue weighted by molar-refractivity contribution is -0.132. The smallest absolute Gasteiger partial charge is 0.222 e. The fourth-order valence-electron chi connectivity index (χ4n) is 2.34. The number of carbonyl (C=O) groups is 1. The van der Waals surface area contributed by atoms with E-state index in [1.165, 1.54) is 9.75 Å². The van der Waals surface area contributed by atoms with Gasteiger partial charge in [0.2, 0.25) is 5.91 Å². The van der Waals surface area contributed by atoms with Crippen LogP contribution in [0, 0.1) is 6.92 Å². The first-order valence-corrected chi connectivity index (χ1v) is 7.55. The highest BCUT2D eigenvalue weighted by Gasteiger charge is 2.19. The van der Waals surface area contributed by atoms with Crippen molar-refractivity contribution in [2.75, 3.05) is 13.1 Å². The number of rotatable bonds is 4. The lowest BCUT2D eigenvalue weighted by Crippen LogP contribution is -2.42. The third kappa shape index (κ3) is 5.13. The zero-order valence-electron chi connectivity index (χ0n) is 11.4. The summed E-state index contributed by atoms with van der Waals surface area (Å²) in [6.45, 7) is 3.81. The maximum absolute atomic E-state index is 12.0. The molecule has 0 bridgehead atoms. The molecule has 2 N–H and O–H groups in total. The van der Waals surface area contributed by atoms with Crippen molar-refractivity contribution >= 4 is 29.7 Å². The first kappa shape index (κ1) is 16.5. The van der Waals surface area contributed by atoms with Crippen LogP contribution in [0.4, 0.5) is 0 Å². The molecule has 0 spiro atoms. The van der Waals surface area contributed by atoms with Crippen molar-refractivity contribution in [3.63, 3.8) is 0 Å². The Morgan fingerprint density at radius 1 is 1.42 bits per heavy atom. The van der Waals surface area contributed by atoms with Crippen molar-refractivity contribution in [2.24, 2.45) is 5.73 Å². The van der Waals surface area contributed by atoms with Gasteiger partial charge in [-0.15, -0.1) is 23.7 Å². The van der Waals surface area contributed by atoms with Crippen molar-refractivity contribution in [1.82, 2.24) is 4.90 Å². The van der Waals surface area contributed by atoms with E-state index >= 15 is 0 Å². The van der Waals surface area contributed by atoms with Crippen LogP contribution in [-0.2, 0) is 11.2 Å². The molecule has 0 aromatic carbocycles. The van der Waals surface area contributed by atoms with Crippen LogP contribution in [0.15, 0.2) is 12.1 Å². The number of likely N-dealkylation sites (tertiary alicyclic amines) is 1. The van der Waals surface area contributed by atoms with Gasteiger partial charge < -0.3 is 10.6 Å². The van der Waals surface area contributed by atoms with E-state index in [1.807, 2.05) is 16.2 Å². The van der Waals surface area contributed by atoms with Crippen LogP contribution in [0.3, 0.4) is 0 Å². The summed E-state index contributed by atoms with van der Waals surface area (Å²) in [5, 5.41) is 0. The van der Waals surface area contributed by atoms with Crippen molar-refractivity contribution in [1.29, 1.82) is 0 Å². The van der Waals surface area contributed by atoms with Gasteiger partial charge in [-0.3, -0.25) is 4.79 Å². The standard InChI is InChI=1S/C14H22N2OS.ClH/c1-11-5-6-13(18-11)3-2-4-14(17)16-9-7-12(15)8-10-16;/h5-6,12H,2-4,7-10,15H2,1H3;1H. The molecule has 2 rings (SSSR count). The number of amides is 1. The van der Waals surface area contributed by atoms with E-state index in [-0.39, 0.29) is 12.4 Å². The lowest BCUT2D eigenvalue weighted by Gasteiger charge is -2.30. The third-order valence-corrected chi connectivity index (χ3v) is 4.56. The topological polar surface area (TPSA) is 46.3 Å². The predicted octanol–water partition coefficient (Wildman–Crippen LogP) is 2.75. The summed E-state index contributed by atoms with van der Waals surface area (Å²) >= 11 is 1.83. The molecular formula is C14H23ClN2OS. The number of hydrogen-bond acceptors (Lipinski definition) is 3. The fourth-order valence-corrected chi connectivity index (χ4v) is 3.27. The minimum atomic E-state index is 0. The number of aryl methyl sites for hydroxylation is 2. The van der Waals surface area contributed by atoms with Gasteiger partial charge in [0.15, 0.2) is 0 Å². The Morgan fingerprint density at radius 2 is 2.11 bits per heavy atom. The number of piperidine rings is 1. The van der Waals surface area contributed by atoms with Gasteiger partial charge in [-0.2, -0.15) is 0 Å². The van der Waals surface area contributed by atoms with Gasteiger partial charge in [0.1, 0.15) is 0 Å². The summed E-state index contributed by atoms with van der Waals surface area (Å²) in [5.41, 5.74) is 5.84. The zero-order valence-corrected chi connectivity index (χ0v) is 13.1. The van der Waals surface area contributed by atoms with Crippen LogP contribution < -0.4 is 5.73 Å². The van der Waals surface area contributed by atoms with E-state index in [0.29, 0.717) is 18.4 Å². The number of carbonyl (C=O) groups excluding carboxylic acids is 1. The SMILES string of the molecule is Cc1ccc(CCCC(=O)N2CCC(N)CC2)s1.Cl. The maximum atomic E-state index is 12.0. The molecule has 108 valence electrons. The molecule has 1 aromatic heterocycles. The Kier molecular flexibility index (Phi) is 6.83. The average molecular weight is 303 g/mol. The predicted molar refractivity (Wildman–Crippen MR) is 83.0 cm³/mol. The molecule has 2 heterocycles. The van der Waals surface area contributed by atoms with E-state index in [9.17, 15) is 4.79 Å². The van der Waals surface area contributed by atoms with Crippen molar-refractivity contribution in [2.45, 2.75) is 45.1 Å². The second-order valence-electron chi connectivity index (χ2n) is 5.08. The van der Waals surface area contributed by atoms with Crippen molar-refractivity contribution < 1.29 is 4.79 Å². The normalized spacial score (nSPS) is 16.2. The van der Waals surface area contributed by atoms with E-state index in [2.05, 4.69) is 19.1 Å². The molecule has 5 heteroatoms. The molecule has 1 aliphatic rings. The molecule has 1 saturated heterocycles. The Morgan fingerprint density at radius 3 is 2.68 bits per heavy atom. The quantitative estimate of drug-likeness (QED) is 0.929. The van der Waals surface area contributed by atoms with Gasteiger partial charge in [0.05, 0.1) is 0 Å². The van der Waals surface area contributed by atoms with Gasteiger partial charge in [-0.25, -0.2) is 0 Å². The Hall–Kier alpha value is -0.580. The molecule has 1 amide bonds. The Labute approximate surface area is 125 Å². The lowest BCUT2D eigenvalue weighted by atomic mass is 10.1. The largest absolute Gasteiger partial charge is 0.343 e. The number of nitrogens with zero attached hydrogens (tertiary/aromatic N) is 1. The summed E-state index contributed by atoms with van der Waals surface area (Å²) in [4.78, 5) is 16.7. The molecular weight excluding hydrogens is 280 g/mol. The van der Waals surface area contributed by atoms with Gasteiger partial charge in [0.25, 0.3) is 0 Å². The van der Waals surface area contributed by atoms with Crippen molar-refractivity contribution in [3.8, 4) is 0 Å². The highest BCUT2D eigenvalue weighted by molar-refractivity contribution is 7.11. The molecule has 1 aliphatic heterocycles. The molecule has 19 heavy (non-hydrogen) atoms. The van der Waals surface area contributed by atoms with Gasteiger partial charge >= 0.3 is 0 Å². The van der Waals surface area contributed by atoms with E-state index in [0.717, 1.165) is 38.8 Å². The Balaban J connectivity index is 0.00000180. The molecule has 0 aliphatic carbocycles. The van der Waals surface area contributed by atoms with E-state index < -0.39 is 0 Å². The minimum Gasteiger partial charge on any atom is -0.343 e. The number of hydrogen-bond donors (Lipinski definition) is 1. The van der Waals surface area contributed by atoms with Gasteiger partial charge in [0, 0.05) is 35.3 Å². The van der Waals surface area contributed by atoms with E-state index in [4.69, 9.17) is 5.73 Å². The monoisotopic (exact) mass is 302 g/mol. The third-order valence-electron chi connectivity index (χ3n) is 3.50. The van der Waals surface area contributed by atoms with Crippen LogP contribution >= 0.6 is 23.7 Å². The summed E-state index contributed by atoms with van der Waals surface area (Å²) in [6.07, 6.45) is 4.57. The fraction of sp³-hybridized carbons (Fsp3) is 0.643. The molecule has 0 saturated carbocycles. The molecule has 3 nitrogen and oxygen atoms in total. The summed E-state index contributed by atoms with van der Waals surface area (Å²) < 4.78 is 0. The van der Waals surface area contributed by atoms with Crippen LogP contribution in [-0.4, -0.2) is 29.9 Å². The molecule has 1 aromatic rings. The number of thiophene rings is 1. The summed E-state index contributed by atoms with van der Waals surface area (Å²) in [7, 11) is 0. The van der Waals surface area contributed by atoms with Crippen LogP contribution in [0.25, 0.3) is 0 Å².